The van der Waals surface area contributed by atoms with E-state index < -0.39 is 0 Å². The summed E-state index contributed by atoms with van der Waals surface area (Å²) in [5.74, 6) is 0.929. The van der Waals surface area contributed by atoms with Gasteiger partial charge in [0.2, 0.25) is 0 Å². The summed E-state index contributed by atoms with van der Waals surface area (Å²) < 4.78 is 19.7. The van der Waals surface area contributed by atoms with Gasteiger partial charge in [0.25, 0.3) is 5.91 Å². The van der Waals surface area contributed by atoms with E-state index in [4.69, 9.17) is 9.72 Å². The minimum atomic E-state index is -0.220. The average molecular weight is 462 g/mol. The monoisotopic (exact) mass is 461 g/mol. The molecule has 0 unspecified atom stereocenters. The number of ether oxygens (including phenoxy) is 1. The molecule has 3 heterocycles. The maximum absolute atomic E-state index is 14.3. The first kappa shape index (κ1) is 22.3. The van der Waals surface area contributed by atoms with Crippen LogP contribution in [0.4, 0.5) is 15.9 Å². The van der Waals surface area contributed by atoms with Crippen molar-refractivity contribution in [3.05, 3.63) is 71.7 Å². The Hall–Kier alpha value is -3.52. The smallest absolute Gasteiger partial charge is 0.259 e. The highest BCUT2D eigenvalue weighted by Gasteiger charge is 2.28. The van der Waals surface area contributed by atoms with Crippen molar-refractivity contribution in [3.8, 4) is 11.4 Å². The number of aryl methyl sites for hydroxylation is 1. The lowest BCUT2D eigenvalue weighted by molar-refractivity contribution is 0.0302. The molecule has 7 nitrogen and oxygen atoms in total. The Balaban J connectivity index is 1.45. The zero-order valence-corrected chi connectivity index (χ0v) is 19.3. The Kier molecular flexibility index (Phi) is 6.40. The molecule has 5 rings (SSSR count). The fourth-order valence-corrected chi connectivity index (χ4v) is 4.49. The summed E-state index contributed by atoms with van der Waals surface area (Å²) in [7, 11) is 0. The molecule has 1 amide bonds. The highest BCUT2D eigenvalue weighted by atomic mass is 19.1. The molecule has 0 spiro atoms. The molecule has 8 heteroatoms. The number of aromatic nitrogens is 2. The highest BCUT2D eigenvalue weighted by molar-refractivity contribution is 5.99. The van der Waals surface area contributed by atoms with E-state index in [-0.39, 0.29) is 11.7 Å². The molecule has 3 aromatic rings. The quantitative estimate of drug-likeness (QED) is 0.594. The van der Waals surface area contributed by atoms with Crippen LogP contribution in [0.25, 0.3) is 11.4 Å². The van der Waals surface area contributed by atoms with Gasteiger partial charge in [-0.05, 0) is 25.1 Å². The Morgan fingerprint density at radius 2 is 1.68 bits per heavy atom. The molecule has 2 aliphatic rings. The van der Waals surface area contributed by atoms with Gasteiger partial charge in [-0.2, -0.15) is 0 Å². The van der Waals surface area contributed by atoms with E-state index in [9.17, 15) is 9.18 Å². The van der Waals surface area contributed by atoms with Crippen molar-refractivity contribution < 1.29 is 13.9 Å². The number of amides is 1. The van der Waals surface area contributed by atoms with Crippen molar-refractivity contribution in [3.63, 3.8) is 0 Å². The topological polar surface area (TPSA) is 61.8 Å². The van der Waals surface area contributed by atoms with Gasteiger partial charge in [0, 0.05) is 51.0 Å². The van der Waals surface area contributed by atoms with Crippen molar-refractivity contribution in [1.82, 2.24) is 14.9 Å². The van der Waals surface area contributed by atoms with E-state index >= 15 is 0 Å². The lowest BCUT2D eigenvalue weighted by Crippen LogP contribution is -2.48. The van der Waals surface area contributed by atoms with Gasteiger partial charge in [0.1, 0.15) is 17.2 Å². The van der Waals surface area contributed by atoms with Crippen LogP contribution in [0.1, 0.15) is 15.9 Å². The number of carbonyl (C=O) groups is 1. The SMILES string of the molecule is Cc1cccc(-c2ncc(C(=O)N3CCOCC3)c(N3CCN(c4ccccc4F)CC3)n2)c1. The number of morpholine rings is 1. The molecule has 176 valence electrons. The molecular formula is C26H28FN5O2. The second-order valence-electron chi connectivity index (χ2n) is 8.63. The number of anilines is 2. The van der Waals surface area contributed by atoms with Crippen LogP contribution >= 0.6 is 0 Å². The minimum absolute atomic E-state index is 0.0781. The number of rotatable bonds is 4. The molecule has 0 bridgehead atoms. The predicted molar refractivity (Wildman–Crippen MR) is 130 cm³/mol. The van der Waals surface area contributed by atoms with E-state index in [0.29, 0.717) is 75.4 Å². The maximum atomic E-state index is 14.3. The first-order chi connectivity index (χ1) is 16.6. The summed E-state index contributed by atoms with van der Waals surface area (Å²) in [6.07, 6.45) is 1.65. The van der Waals surface area contributed by atoms with Crippen LogP contribution in [-0.2, 0) is 4.74 Å². The molecule has 2 aliphatic heterocycles. The van der Waals surface area contributed by atoms with Crippen molar-refractivity contribution in [2.45, 2.75) is 6.92 Å². The van der Waals surface area contributed by atoms with Crippen LogP contribution in [0.3, 0.4) is 0 Å². The summed E-state index contributed by atoms with van der Waals surface area (Å²) in [6.45, 7) is 6.73. The third-order valence-electron chi connectivity index (χ3n) is 6.35. The number of nitrogens with zero attached hydrogens (tertiary/aromatic N) is 5. The average Bonchev–Trinajstić information content (AvgIpc) is 2.89. The summed E-state index contributed by atoms with van der Waals surface area (Å²) >= 11 is 0. The minimum Gasteiger partial charge on any atom is -0.378 e. The number of halogens is 1. The van der Waals surface area contributed by atoms with Crippen LogP contribution in [0.5, 0.6) is 0 Å². The Morgan fingerprint density at radius 1 is 0.941 bits per heavy atom. The zero-order valence-electron chi connectivity index (χ0n) is 19.3. The fraction of sp³-hybridized carbons (Fsp3) is 0.346. The molecule has 0 saturated carbocycles. The molecule has 34 heavy (non-hydrogen) atoms. The molecule has 2 aromatic carbocycles. The standard InChI is InChI=1S/C26H28FN5O2/c1-19-5-4-6-20(17-19)24-28-18-21(26(33)32-13-15-34-16-14-32)25(29-24)31-11-9-30(10-12-31)23-8-3-2-7-22(23)27/h2-8,17-18H,9-16H2,1H3. The third-order valence-corrected chi connectivity index (χ3v) is 6.35. The van der Waals surface area contributed by atoms with Crippen molar-refractivity contribution in [2.75, 3.05) is 62.3 Å². The van der Waals surface area contributed by atoms with Gasteiger partial charge in [-0.3, -0.25) is 4.79 Å². The molecule has 0 radical (unpaired) electrons. The normalized spacial score (nSPS) is 16.6. The lowest BCUT2D eigenvalue weighted by atomic mass is 10.1. The van der Waals surface area contributed by atoms with Gasteiger partial charge in [-0.1, -0.05) is 35.9 Å². The van der Waals surface area contributed by atoms with E-state index in [1.807, 2.05) is 42.2 Å². The van der Waals surface area contributed by atoms with Crippen LogP contribution in [0.15, 0.2) is 54.7 Å². The van der Waals surface area contributed by atoms with Gasteiger partial charge in [0.05, 0.1) is 18.9 Å². The third kappa shape index (κ3) is 4.59. The highest BCUT2D eigenvalue weighted by Crippen LogP contribution is 2.27. The number of benzene rings is 2. The largest absolute Gasteiger partial charge is 0.378 e. The first-order valence-electron chi connectivity index (χ1n) is 11.7. The van der Waals surface area contributed by atoms with Gasteiger partial charge in [-0.25, -0.2) is 14.4 Å². The molecule has 0 N–H and O–H groups in total. The Labute approximate surface area is 198 Å². The molecule has 2 fully saturated rings. The van der Waals surface area contributed by atoms with Crippen LogP contribution in [-0.4, -0.2) is 73.3 Å². The molecule has 0 atom stereocenters. The molecule has 1 aromatic heterocycles. The van der Waals surface area contributed by atoms with Crippen LogP contribution in [0, 0.1) is 12.7 Å². The van der Waals surface area contributed by atoms with Gasteiger partial charge < -0.3 is 19.4 Å². The number of para-hydroxylation sites is 1. The van der Waals surface area contributed by atoms with Crippen molar-refractivity contribution in [2.24, 2.45) is 0 Å². The first-order valence-corrected chi connectivity index (χ1v) is 11.7. The summed E-state index contributed by atoms with van der Waals surface area (Å²) in [5.41, 5.74) is 3.14. The van der Waals surface area contributed by atoms with Crippen molar-refractivity contribution in [1.29, 1.82) is 0 Å². The van der Waals surface area contributed by atoms with E-state index in [1.165, 1.54) is 6.07 Å². The maximum Gasteiger partial charge on any atom is 0.259 e. The zero-order chi connectivity index (χ0) is 23.5. The lowest BCUT2D eigenvalue weighted by Gasteiger charge is -2.38. The summed E-state index contributed by atoms with van der Waals surface area (Å²) in [5, 5.41) is 0. The Bertz CT molecular complexity index is 1170. The van der Waals surface area contributed by atoms with Crippen molar-refractivity contribution >= 4 is 17.4 Å². The number of carbonyl (C=O) groups excluding carboxylic acids is 1. The van der Waals surface area contributed by atoms with Gasteiger partial charge in [-0.15, -0.1) is 0 Å². The second kappa shape index (κ2) is 9.77. The van der Waals surface area contributed by atoms with Crippen LogP contribution in [0.2, 0.25) is 0 Å². The van der Waals surface area contributed by atoms with Crippen LogP contribution < -0.4 is 9.80 Å². The van der Waals surface area contributed by atoms with Gasteiger partial charge >= 0.3 is 0 Å². The number of hydrogen-bond acceptors (Lipinski definition) is 6. The fourth-order valence-electron chi connectivity index (χ4n) is 4.49. The van der Waals surface area contributed by atoms with E-state index in [1.54, 1.807) is 23.2 Å². The van der Waals surface area contributed by atoms with E-state index in [2.05, 4.69) is 9.88 Å². The van der Waals surface area contributed by atoms with E-state index in [0.717, 1.165) is 11.1 Å². The molecular weight excluding hydrogens is 433 g/mol. The summed E-state index contributed by atoms with van der Waals surface area (Å²) in [4.78, 5) is 28.8. The molecule has 2 saturated heterocycles. The number of hydrogen-bond donors (Lipinski definition) is 0. The number of piperazine rings is 1. The Morgan fingerprint density at radius 3 is 2.41 bits per heavy atom. The molecule has 0 aliphatic carbocycles. The summed E-state index contributed by atoms with van der Waals surface area (Å²) in [6, 6.07) is 14.9. The second-order valence-corrected chi connectivity index (χ2v) is 8.63. The predicted octanol–water partition coefficient (Wildman–Crippen LogP) is 3.39. The van der Waals surface area contributed by atoms with Gasteiger partial charge in [0.15, 0.2) is 5.82 Å².